The number of phenolic OH excluding ortho intramolecular Hbond substituents is 1. The van der Waals surface area contributed by atoms with Crippen LogP contribution in [0.5, 0.6) is 5.75 Å². The molecule has 0 aromatic heterocycles. The second-order valence-corrected chi connectivity index (χ2v) is 9.92. The van der Waals surface area contributed by atoms with Gasteiger partial charge in [0.1, 0.15) is 34.6 Å². The number of hydrogen-bond donors (Lipinski definition) is 1. The van der Waals surface area contributed by atoms with Gasteiger partial charge in [0.25, 0.3) is 0 Å². The third kappa shape index (κ3) is 5.45. The van der Waals surface area contributed by atoms with E-state index in [1.165, 1.54) is 24.3 Å². The lowest BCUT2D eigenvalue weighted by Gasteiger charge is -2.13. The van der Waals surface area contributed by atoms with Gasteiger partial charge < -0.3 is 19.1 Å². The molecule has 31 heavy (non-hydrogen) atoms. The second-order valence-electron chi connectivity index (χ2n) is 6.17. The molecule has 0 fully saturated rings. The van der Waals surface area contributed by atoms with E-state index in [1.807, 2.05) is 45.2 Å². The first kappa shape index (κ1) is 23.7. The summed E-state index contributed by atoms with van der Waals surface area (Å²) in [6.07, 6.45) is 0. The Balaban J connectivity index is 1.69. The largest absolute Gasteiger partial charge is 0.744 e. The number of fused-ring (bicyclic) bond motifs is 1. The number of ether oxygens (including phenoxy) is 2. The summed E-state index contributed by atoms with van der Waals surface area (Å²) in [4.78, 5) is 24.2. The summed E-state index contributed by atoms with van der Waals surface area (Å²) in [6, 6.07) is 11.5. The van der Waals surface area contributed by atoms with E-state index in [2.05, 4.69) is 0 Å². The molecule has 162 valence electrons. The topological polar surface area (TPSA) is 130 Å². The van der Waals surface area contributed by atoms with Gasteiger partial charge in [-0.1, -0.05) is 24.3 Å². The molecule has 3 aromatic rings. The molecule has 11 heteroatoms. The van der Waals surface area contributed by atoms with Crippen molar-refractivity contribution in [2.75, 3.05) is 13.2 Å². The summed E-state index contributed by atoms with van der Waals surface area (Å²) in [5, 5.41) is 10.4. The lowest BCUT2D eigenvalue weighted by molar-refractivity contribution is 0.0265. The van der Waals surface area contributed by atoms with E-state index >= 15 is 0 Å². The van der Waals surface area contributed by atoms with Gasteiger partial charge >= 0.3 is 11.9 Å². The zero-order valence-corrected chi connectivity index (χ0v) is 20.6. The van der Waals surface area contributed by atoms with Crippen molar-refractivity contribution in [1.82, 2.24) is 0 Å². The van der Waals surface area contributed by atoms with E-state index in [0.717, 1.165) is 9.64 Å². The maximum absolute atomic E-state index is 12.4. The Kier molecular flexibility index (Phi) is 7.39. The smallest absolute Gasteiger partial charge is 0.342 e. The van der Waals surface area contributed by atoms with Gasteiger partial charge in [0, 0.05) is 8.96 Å². The molecule has 0 amide bonds. The predicted molar refractivity (Wildman–Crippen MR) is 126 cm³/mol. The summed E-state index contributed by atoms with van der Waals surface area (Å²) in [7, 11) is -4.72. The number of hydrogen-bond acceptors (Lipinski definition) is 8. The standard InChI is InChI=1S/C20H14I2O8S/c21-11-9-15(18(23)16(22)10-11)20(25)30-8-7-29-19(24)14-5-6-17(31(26,27)28)13-4-2-1-3-12(13)14/h1-6,9-10,23H,7-8H2,(H,26,27,28)/p-1. The minimum Gasteiger partial charge on any atom is -0.744 e. The number of carbonyl (C=O) groups is 2. The van der Waals surface area contributed by atoms with E-state index in [-0.39, 0.29) is 40.9 Å². The molecule has 0 radical (unpaired) electrons. The maximum atomic E-state index is 12.4. The lowest BCUT2D eigenvalue weighted by atomic mass is 10.0. The van der Waals surface area contributed by atoms with Gasteiger partial charge in [0.15, 0.2) is 0 Å². The maximum Gasteiger partial charge on any atom is 0.342 e. The van der Waals surface area contributed by atoms with Crippen molar-refractivity contribution in [3.63, 3.8) is 0 Å². The Bertz CT molecular complexity index is 1290. The highest BCUT2D eigenvalue weighted by atomic mass is 127. The molecular formula is C20H13I2O8S-. The lowest BCUT2D eigenvalue weighted by Crippen LogP contribution is -2.15. The first-order valence-corrected chi connectivity index (χ1v) is 12.2. The molecule has 0 aliphatic heterocycles. The summed E-state index contributed by atoms with van der Waals surface area (Å²) < 4.78 is 45.8. The van der Waals surface area contributed by atoms with Crippen LogP contribution in [0.1, 0.15) is 20.7 Å². The van der Waals surface area contributed by atoms with E-state index in [9.17, 15) is 27.7 Å². The summed E-state index contributed by atoms with van der Waals surface area (Å²) >= 11 is 3.90. The minimum atomic E-state index is -4.72. The Morgan fingerprint density at radius 3 is 2.10 bits per heavy atom. The third-order valence-corrected chi connectivity index (χ3v) is 6.51. The molecule has 3 rings (SSSR count). The molecular weight excluding hydrogens is 654 g/mol. The van der Waals surface area contributed by atoms with Crippen LogP contribution >= 0.6 is 45.2 Å². The van der Waals surface area contributed by atoms with Crippen molar-refractivity contribution >= 4 is 78.0 Å². The first-order valence-electron chi connectivity index (χ1n) is 8.59. The third-order valence-electron chi connectivity index (χ3n) is 4.17. The van der Waals surface area contributed by atoms with Crippen LogP contribution in [0.15, 0.2) is 53.4 Å². The summed E-state index contributed by atoms with van der Waals surface area (Å²) in [5.74, 6) is -1.72. The molecule has 0 unspecified atom stereocenters. The first-order chi connectivity index (χ1) is 14.6. The second kappa shape index (κ2) is 9.67. The number of rotatable bonds is 6. The fourth-order valence-electron chi connectivity index (χ4n) is 2.81. The zero-order chi connectivity index (χ0) is 22.8. The average molecular weight is 667 g/mol. The molecule has 0 aliphatic rings. The van der Waals surface area contributed by atoms with Crippen LogP contribution in [0.3, 0.4) is 0 Å². The number of carbonyl (C=O) groups excluding carboxylic acids is 2. The van der Waals surface area contributed by atoms with Crippen LogP contribution in [0.4, 0.5) is 0 Å². The molecule has 3 aromatic carbocycles. The highest BCUT2D eigenvalue weighted by molar-refractivity contribution is 14.1. The minimum absolute atomic E-state index is 0.00281. The molecule has 8 nitrogen and oxygen atoms in total. The monoisotopic (exact) mass is 667 g/mol. The Hall–Kier alpha value is -1.97. The number of esters is 2. The van der Waals surface area contributed by atoms with E-state index in [4.69, 9.17) is 9.47 Å². The Morgan fingerprint density at radius 1 is 0.903 bits per heavy atom. The Morgan fingerprint density at radius 2 is 1.48 bits per heavy atom. The fourth-order valence-corrected chi connectivity index (χ4v) is 5.34. The highest BCUT2D eigenvalue weighted by Crippen LogP contribution is 2.28. The fraction of sp³-hybridized carbons (Fsp3) is 0.100. The van der Waals surface area contributed by atoms with Gasteiger partial charge in [-0.15, -0.1) is 0 Å². The summed E-state index contributed by atoms with van der Waals surface area (Å²) in [6.45, 7) is -0.515. The van der Waals surface area contributed by atoms with Crippen molar-refractivity contribution < 1.29 is 37.1 Å². The molecule has 1 N–H and O–H groups in total. The van der Waals surface area contributed by atoms with E-state index in [1.54, 1.807) is 18.2 Å². The summed E-state index contributed by atoms with van der Waals surface area (Å²) in [5.41, 5.74) is 0.0715. The van der Waals surface area contributed by atoms with Crippen molar-refractivity contribution in [2.24, 2.45) is 0 Å². The van der Waals surface area contributed by atoms with Gasteiger partial charge in [-0.05, 0) is 74.8 Å². The molecule has 0 saturated carbocycles. The molecule has 0 heterocycles. The molecule has 0 saturated heterocycles. The number of aromatic hydroxyl groups is 1. The van der Waals surface area contributed by atoms with Gasteiger partial charge in [0.05, 0.1) is 14.0 Å². The van der Waals surface area contributed by atoms with Crippen molar-refractivity contribution in [1.29, 1.82) is 0 Å². The molecule has 0 spiro atoms. The van der Waals surface area contributed by atoms with Gasteiger partial charge in [-0.3, -0.25) is 0 Å². The average Bonchev–Trinajstić information content (AvgIpc) is 2.71. The van der Waals surface area contributed by atoms with Crippen LogP contribution in [0, 0.1) is 7.14 Å². The van der Waals surface area contributed by atoms with Crippen LogP contribution in [0.25, 0.3) is 10.8 Å². The van der Waals surface area contributed by atoms with Crippen molar-refractivity contribution in [2.45, 2.75) is 4.90 Å². The molecule has 0 aliphatic carbocycles. The van der Waals surface area contributed by atoms with Gasteiger partial charge in [-0.25, -0.2) is 18.0 Å². The molecule has 0 bridgehead atoms. The number of phenols is 1. The SMILES string of the molecule is O=C(OCCOC(=O)c1ccc(S(=O)(=O)[O-])c2ccccc12)c1cc(I)cc(I)c1O. The van der Waals surface area contributed by atoms with E-state index in [0.29, 0.717) is 3.57 Å². The zero-order valence-electron chi connectivity index (χ0n) is 15.5. The predicted octanol–water partition coefficient (Wildman–Crippen LogP) is 3.67. The van der Waals surface area contributed by atoms with Gasteiger partial charge in [-0.2, -0.15) is 0 Å². The normalized spacial score (nSPS) is 11.3. The highest BCUT2D eigenvalue weighted by Gasteiger charge is 2.18. The number of benzene rings is 3. The van der Waals surface area contributed by atoms with Crippen LogP contribution in [0.2, 0.25) is 0 Å². The van der Waals surface area contributed by atoms with Crippen LogP contribution < -0.4 is 0 Å². The van der Waals surface area contributed by atoms with Crippen molar-refractivity contribution in [3.05, 3.63) is 66.8 Å². The van der Waals surface area contributed by atoms with Crippen molar-refractivity contribution in [3.8, 4) is 5.75 Å². The van der Waals surface area contributed by atoms with Gasteiger partial charge in [0.2, 0.25) is 0 Å². The number of halogens is 2. The van der Waals surface area contributed by atoms with E-state index < -0.39 is 27.0 Å². The molecule has 0 atom stereocenters. The quantitative estimate of drug-likeness (QED) is 0.183. The Labute approximate surface area is 204 Å². The van der Waals surface area contributed by atoms with Crippen LogP contribution in [-0.2, 0) is 19.6 Å². The van der Waals surface area contributed by atoms with Crippen LogP contribution in [-0.4, -0.2) is 43.2 Å².